The average Bonchev–Trinajstić information content (AvgIpc) is 3.48. The van der Waals surface area contributed by atoms with Crippen molar-refractivity contribution in [3.63, 3.8) is 0 Å². The Morgan fingerprint density at radius 1 is 1.03 bits per heavy atom. The molecule has 0 spiro atoms. The van der Waals surface area contributed by atoms with Gasteiger partial charge >= 0.3 is 0 Å². The quantitative estimate of drug-likeness (QED) is 0.532. The number of allylic oxidation sites excluding steroid dienone is 1. The van der Waals surface area contributed by atoms with Crippen LogP contribution in [-0.4, -0.2) is 22.8 Å². The number of aliphatic imine (C=N–C) groups is 1. The molecule has 0 saturated heterocycles. The Morgan fingerprint density at radius 2 is 1.90 bits per heavy atom. The van der Waals surface area contributed by atoms with Crippen molar-refractivity contribution in [1.29, 1.82) is 0 Å². The van der Waals surface area contributed by atoms with E-state index in [1.807, 2.05) is 24.4 Å². The van der Waals surface area contributed by atoms with E-state index in [1.165, 1.54) is 16.8 Å². The lowest BCUT2D eigenvalue weighted by atomic mass is 10.0. The van der Waals surface area contributed by atoms with Crippen molar-refractivity contribution >= 4 is 11.8 Å². The molecule has 148 valence electrons. The number of aryl methyl sites for hydroxylation is 3. The van der Waals surface area contributed by atoms with Crippen molar-refractivity contribution < 1.29 is 4.74 Å². The largest absolute Gasteiger partial charge is 0.494 e. The number of benzene rings is 1. The van der Waals surface area contributed by atoms with E-state index >= 15 is 0 Å². The number of H-pyrrole nitrogens is 2. The molecule has 3 heterocycles. The van der Waals surface area contributed by atoms with Gasteiger partial charge in [0.15, 0.2) is 0 Å². The van der Waals surface area contributed by atoms with Crippen LogP contribution in [0.15, 0.2) is 77.3 Å². The normalized spacial score (nSPS) is 14.9. The van der Waals surface area contributed by atoms with Gasteiger partial charge in [0.2, 0.25) is 0 Å². The number of methoxy groups -OCH3 is 1. The van der Waals surface area contributed by atoms with E-state index in [0.29, 0.717) is 0 Å². The van der Waals surface area contributed by atoms with Crippen LogP contribution >= 0.6 is 0 Å². The van der Waals surface area contributed by atoms with Crippen LogP contribution in [0.5, 0.6) is 0 Å². The van der Waals surface area contributed by atoms with Crippen LogP contribution in [0.3, 0.4) is 0 Å². The fourth-order valence-corrected chi connectivity index (χ4v) is 3.69. The van der Waals surface area contributed by atoms with Gasteiger partial charge in [-0.15, -0.1) is 0 Å². The van der Waals surface area contributed by atoms with Crippen LogP contribution in [0, 0.1) is 0 Å². The molecule has 4 heteroatoms. The number of nitrogens with one attached hydrogen (secondary N) is 2. The molecule has 0 radical (unpaired) electrons. The van der Waals surface area contributed by atoms with Gasteiger partial charge in [-0.1, -0.05) is 43.7 Å². The molecule has 2 aromatic heterocycles. The van der Waals surface area contributed by atoms with Crippen LogP contribution in [0.2, 0.25) is 0 Å². The second-order valence-corrected chi connectivity index (χ2v) is 7.29. The molecule has 1 aliphatic rings. The summed E-state index contributed by atoms with van der Waals surface area (Å²) >= 11 is 0. The van der Waals surface area contributed by atoms with Crippen LogP contribution in [0.4, 0.5) is 0 Å². The fourth-order valence-electron chi connectivity index (χ4n) is 3.69. The molecule has 0 fully saturated rings. The van der Waals surface area contributed by atoms with E-state index in [9.17, 15) is 0 Å². The fraction of sp³-hybridized carbons (Fsp3) is 0.240. The van der Waals surface area contributed by atoms with Gasteiger partial charge in [-0.2, -0.15) is 0 Å². The summed E-state index contributed by atoms with van der Waals surface area (Å²) in [5.74, 6) is 0.787. The minimum absolute atomic E-state index is 0.787. The number of nitrogens with zero attached hydrogens (tertiary/aromatic N) is 1. The van der Waals surface area contributed by atoms with Crippen molar-refractivity contribution in [1.82, 2.24) is 9.97 Å². The standard InChI is InChI=1S/C25H27N3O/c1-3-8-20-15-19(13-12-18-9-5-4-6-10-18)22(27-20)16-24-25(29-2)17-23(28-24)21-11-7-14-26-21/h4-7,9-11,14-17,26-27H,3,8,12-13H2,1-2H3/b24-16-. The first-order valence-electron chi connectivity index (χ1n) is 10.2. The summed E-state index contributed by atoms with van der Waals surface area (Å²) in [5.41, 5.74) is 7.81. The average molecular weight is 386 g/mol. The molecule has 1 aliphatic heterocycles. The summed E-state index contributed by atoms with van der Waals surface area (Å²) < 4.78 is 5.60. The highest BCUT2D eigenvalue weighted by atomic mass is 16.5. The highest BCUT2D eigenvalue weighted by Gasteiger charge is 2.18. The lowest BCUT2D eigenvalue weighted by Crippen LogP contribution is -1.93. The van der Waals surface area contributed by atoms with Gasteiger partial charge in [-0.05, 0) is 54.7 Å². The minimum atomic E-state index is 0.787. The molecule has 0 amide bonds. The van der Waals surface area contributed by atoms with Crippen molar-refractivity contribution in [2.45, 2.75) is 32.6 Å². The Labute approximate surface area is 172 Å². The van der Waals surface area contributed by atoms with Crippen molar-refractivity contribution in [3.8, 4) is 0 Å². The van der Waals surface area contributed by atoms with Crippen LogP contribution in [0.25, 0.3) is 6.08 Å². The minimum Gasteiger partial charge on any atom is -0.494 e. The summed E-state index contributed by atoms with van der Waals surface area (Å²) in [6.07, 6.45) is 10.2. The number of hydrogen-bond acceptors (Lipinski definition) is 2. The van der Waals surface area contributed by atoms with Crippen LogP contribution in [0.1, 0.15) is 41.6 Å². The SMILES string of the molecule is CCCc1cc(CCc2ccccc2)c(/C=C2\N=C(c3ccc[nH]3)C=C2OC)[nH]1. The smallest absolute Gasteiger partial charge is 0.146 e. The molecule has 0 unspecified atom stereocenters. The summed E-state index contributed by atoms with van der Waals surface area (Å²) in [4.78, 5) is 11.6. The van der Waals surface area contributed by atoms with Gasteiger partial charge in [0.05, 0.1) is 18.5 Å². The first kappa shape index (κ1) is 19.1. The molecule has 29 heavy (non-hydrogen) atoms. The molecule has 0 saturated carbocycles. The van der Waals surface area contributed by atoms with Crippen molar-refractivity contribution in [3.05, 3.63) is 100 Å². The van der Waals surface area contributed by atoms with Gasteiger partial charge in [0.25, 0.3) is 0 Å². The Bertz CT molecular complexity index is 1040. The number of aromatic amines is 2. The highest BCUT2D eigenvalue weighted by molar-refractivity contribution is 6.11. The van der Waals surface area contributed by atoms with E-state index in [2.05, 4.69) is 59.4 Å². The Balaban J connectivity index is 1.63. The van der Waals surface area contributed by atoms with Gasteiger partial charge in [-0.25, -0.2) is 4.99 Å². The Hall–Kier alpha value is -3.27. The molecule has 3 aromatic rings. The van der Waals surface area contributed by atoms with E-state index in [1.54, 1.807) is 7.11 Å². The second kappa shape index (κ2) is 8.82. The lowest BCUT2D eigenvalue weighted by molar-refractivity contribution is 0.303. The summed E-state index contributed by atoms with van der Waals surface area (Å²) in [6, 6.07) is 16.9. The van der Waals surface area contributed by atoms with E-state index < -0.39 is 0 Å². The molecule has 4 rings (SSSR count). The van der Waals surface area contributed by atoms with E-state index in [4.69, 9.17) is 9.73 Å². The molecule has 1 aromatic carbocycles. The zero-order valence-electron chi connectivity index (χ0n) is 17.0. The number of ether oxygens (including phenoxy) is 1. The maximum Gasteiger partial charge on any atom is 0.146 e. The first-order valence-corrected chi connectivity index (χ1v) is 10.2. The summed E-state index contributed by atoms with van der Waals surface area (Å²) in [7, 11) is 1.69. The zero-order chi connectivity index (χ0) is 20.1. The van der Waals surface area contributed by atoms with Gasteiger partial charge in [0, 0.05) is 23.7 Å². The predicted octanol–water partition coefficient (Wildman–Crippen LogP) is 5.45. The Morgan fingerprint density at radius 3 is 2.62 bits per heavy atom. The maximum absolute atomic E-state index is 5.60. The maximum atomic E-state index is 5.60. The molecular weight excluding hydrogens is 358 g/mol. The monoisotopic (exact) mass is 385 g/mol. The number of hydrogen-bond donors (Lipinski definition) is 2. The third kappa shape index (κ3) is 4.43. The predicted molar refractivity (Wildman–Crippen MR) is 119 cm³/mol. The van der Waals surface area contributed by atoms with Crippen molar-refractivity contribution in [2.24, 2.45) is 4.99 Å². The number of rotatable bonds is 8. The first-order chi connectivity index (χ1) is 14.3. The van der Waals surface area contributed by atoms with Crippen LogP contribution < -0.4 is 0 Å². The van der Waals surface area contributed by atoms with Gasteiger partial charge in [0.1, 0.15) is 11.5 Å². The second-order valence-electron chi connectivity index (χ2n) is 7.29. The molecular formula is C25H27N3O. The zero-order valence-corrected chi connectivity index (χ0v) is 17.0. The van der Waals surface area contributed by atoms with Gasteiger partial charge < -0.3 is 14.7 Å². The van der Waals surface area contributed by atoms with Crippen LogP contribution in [-0.2, 0) is 24.0 Å². The molecule has 0 bridgehead atoms. The molecule has 4 nitrogen and oxygen atoms in total. The highest BCUT2D eigenvalue weighted by Crippen LogP contribution is 2.26. The van der Waals surface area contributed by atoms with E-state index in [0.717, 1.165) is 54.2 Å². The number of aromatic nitrogens is 2. The molecule has 0 atom stereocenters. The topological polar surface area (TPSA) is 53.2 Å². The summed E-state index contributed by atoms with van der Waals surface area (Å²) in [5, 5.41) is 0. The lowest BCUT2D eigenvalue weighted by Gasteiger charge is -2.04. The summed E-state index contributed by atoms with van der Waals surface area (Å²) in [6.45, 7) is 2.21. The molecule has 2 N–H and O–H groups in total. The van der Waals surface area contributed by atoms with Gasteiger partial charge in [-0.3, -0.25) is 0 Å². The van der Waals surface area contributed by atoms with Crippen molar-refractivity contribution in [2.75, 3.05) is 7.11 Å². The third-order valence-corrected chi connectivity index (χ3v) is 5.17. The molecule has 0 aliphatic carbocycles. The third-order valence-electron chi connectivity index (χ3n) is 5.17. The Kier molecular flexibility index (Phi) is 5.80. The van der Waals surface area contributed by atoms with E-state index in [-0.39, 0.29) is 0 Å².